The third-order valence-electron chi connectivity index (χ3n) is 3.58. The van der Waals surface area contributed by atoms with Crippen LogP contribution in [-0.2, 0) is 6.18 Å². The number of amides is 1. The minimum absolute atomic E-state index is 0.480. The summed E-state index contributed by atoms with van der Waals surface area (Å²) < 4.78 is 38.3. The molecule has 0 N–H and O–H groups in total. The van der Waals surface area contributed by atoms with Crippen LogP contribution in [0.2, 0.25) is 0 Å². The van der Waals surface area contributed by atoms with Crippen LogP contribution in [0.25, 0.3) is 0 Å². The minimum atomic E-state index is -4.54. The smallest absolute Gasteiger partial charge is 0.337 e. The number of fused-ring (bicyclic) bond motifs is 1. The summed E-state index contributed by atoms with van der Waals surface area (Å²) in [4.78, 5) is 17.1. The van der Waals surface area contributed by atoms with Crippen molar-refractivity contribution in [2.75, 3.05) is 13.1 Å². The number of likely N-dealkylation sites (tertiary alicyclic amines) is 1. The van der Waals surface area contributed by atoms with Crippen LogP contribution in [0.5, 0.6) is 0 Å². The maximum absolute atomic E-state index is 12.8. The van der Waals surface area contributed by atoms with E-state index < -0.39 is 23.3 Å². The van der Waals surface area contributed by atoms with Crippen molar-refractivity contribution >= 4 is 5.91 Å². The lowest BCUT2D eigenvalue weighted by Crippen LogP contribution is -2.32. The largest absolute Gasteiger partial charge is 0.418 e. The van der Waals surface area contributed by atoms with Gasteiger partial charge in [0.15, 0.2) is 0 Å². The molecule has 2 fully saturated rings. The number of nitrogens with zero attached hydrogens (tertiary/aromatic N) is 2. The van der Waals surface area contributed by atoms with Gasteiger partial charge in [0.1, 0.15) is 5.69 Å². The van der Waals surface area contributed by atoms with Gasteiger partial charge in [0.25, 0.3) is 5.91 Å². The Hall–Kier alpha value is -1.59. The van der Waals surface area contributed by atoms with Gasteiger partial charge in [0.2, 0.25) is 0 Å². The summed E-state index contributed by atoms with van der Waals surface area (Å²) in [5.74, 6) is 0.383. The van der Waals surface area contributed by atoms with E-state index in [9.17, 15) is 18.0 Å². The van der Waals surface area contributed by atoms with E-state index in [0.717, 1.165) is 12.5 Å². The number of hydrogen-bond donors (Lipinski definition) is 0. The van der Waals surface area contributed by atoms with Crippen LogP contribution in [-0.4, -0.2) is 28.9 Å². The Balaban J connectivity index is 1.89. The highest BCUT2D eigenvalue weighted by molar-refractivity contribution is 5.94. The molecular weight excluding hydrogens is 245 g/mol. The fraction of sp³-hybridized carbons (Fsp3) is 0.500. The minimum Gasteiger partial charge on any atom is -0.337 e. The predicted octanol–water partition coefficient (Wildman–Crippen LogP) is 2.19. The quantitative estimate of drug-likeness (QED) is 0.771. The molecule has 2 aliphatic rings. The number of hydrogen-bond acceptors (Lipinski definition) is 2. The number of halogens is 3. The predicted molar refractivity (Wildman–Crippen MR) is 56.7 cm³/mol. The van der Waals surface area contributed by atoms with Gasteiger partial charge in [-0.2, -0.15) is 13.2 Å². The number of rotatable bonds is 1. The highest BCUT2D eigenvalue weighted by atomic mass is 19.4. The summed E-state index contributed by atoms with van der Waals surface area (Å²) >= 11 is 0. The van der Waals surface area contributed by atoms with Crippen LogP contribution >= 0.6 is 0 Å². The molecule has 2 heterocycles. The van der Waals surface area contributed by atoms with Crippen LogP contribution in [0, 0.1) is 11.8 Å². The second-order valence-electron chi connectivity index (χ2n) is 4.86. The fourth-order valence-electron chi connectivity index (χ4n) is 2.52. The van der Waals surface area contributed by atoms with Crippen molar-refractivity contribution in [2.24, 2.45) is 11.8 Å². The van der Waals surface area contributed by atoms with Crippen molar-refractivity contribution < 1.29 is 18.0 Å². The molecule has 96 valence electrons. The summed E-state index contributed by atoms with van der Waals surface area (Å²) in [5, 5.41) is 0. The molecule has 1 aromatic heterocycles. The zero-order valence-corrected chi connectivity index (χ0v) is 9.44. The normalized spacial score (nSPS) is 26.1. The van der Waals surface area contributed by atoms with Crippen molar-refractivity contribution in [1.82, 2.24) is 9.88 Å². The van der Waals surface area contributed by atoms with E-state index in [1.165, 1.54) is 17.2 Å². The number of piperidine rings is 1. The Bertz CT molecular complexity index is 490. The lowest BCUT2D eigenvalue weighted by Gasteiger charge is -2.19. The number of carbonyl (C=O) groups is 1. The molecule has 0 radical (unpaired) electrons. The van der Waals surface area contributed by atoms with Gasteiger partial charge in [-0.15, -0.1) is 0 Å². The summed E-state index contributed by atoms with van der Waals surface area (Å²) in [6, 6.07) is 2.10. The lowest BCUT2D eigenvalue weighted by atomic mass is 10.1. The van der Waals surface area contributed by atoms with E-state index in [-0.39, 0.29) is 0 Å². The Morgan fingerprint density at radius 3 is 2.61 bits per heavy atom. The maximum Gasteiger partial charge on any atom is 0.418 e. The van der Waals surface area contributed by atoms with Crippen LogP contribution in [0.4, 0.5) is 13.2 Å². The highest BCUT2D eigenvalue weighted by Gasteiger charge is 2.48. The topological polar surface area (TPSA) is 33.2 Å². The molecule has 1 aromatic rings. The van der Waals surface area contributed by atoms with Crippen LogP contribution < -0.4 is 0 Å². The molecule has 0 aromatic carbocycles. The molecule has 1 saturated heterocycles. The second kappa shape index (κ2) is 3.70. The van der Waals surface area contributed by atoms with Gasteiger partial charge < -0.3 is 4.90 Å². The molecule has 3 nitrogen and oxygen atoms in total. The summed E-state index contributed by atoms with van der Waals surface area (Å²) in [7, 11) is 0. The summed E-state index contributed by atoms with van der Waals surface area (Å²) in [6.45, 7) is 1.13. The SMILES string of the molecule is O=C(c1ncccc1C(F)(F)F)N1CC2CC2C1. The van der Waals surface area contributed by atoms with Crippen molar-refractivity contribution in [2.45, 2.75) is 12.6 Å². The third-order valence-corrected chi connectivity index (χ3v) is 3.58. The molecular formula is C12H11F3N2O. The molecule has 2 unspecified atom stereocenters. The van der Waals surface area contributed by atoms with Gasteiger partial charge in [-0.25, -0.2) is 0 Å². The van der Waals surface area contributed by atoms with Crippen molar-refractivity contribution in [3.63, 3.8) is 0 Å². The molecule has 3 rings (SSSR count). The van der Waals surface area contributed by atoms with Gasteiger partial charge in [-0.05, 0) is 30.4 Å². The van der Waals surface area contributed by atoms with E-state index in [1.807, 2.05) is 0 Å². The lowest BCUT2D eigenvalue weighted by molar-refractivity contribution is -0.138. The van der Waals surface area contributed by atoms with Gasteiger partial charge in [0.05, 0.1) is 5.56 Å². The summed E-state index contributed by atoms with van der Waals surface area (Å²) in [6.07, 6.45) is -2.22. The molecule has 2 atom stereocenters. The zero-order valence-electron chi connectivity index (χ0n) is 9.44. The van der Waals surface area contributed by atoms with Gasteiger partial charge in [-0.1, -0.05) is 0 Å². The van der Waals surface area contributed by atoms with Crippen LogP contribution in [0.15, 0.2) is 18.3 Å². The highest BCUT2D eigenvalue weighted by Crippen LogP contribution is 2.45. The van der Waals surface area contributed by atoms with Gasteiger partial charge >= 0.3 is 6.18 Å². The average molecular weight is 256 g/mol. The third kappa shape index (κ3) is 1.85. The Kier molecular flexibility index (Phi) is 2.36. The van der Waals surface area contributed by atoms with E-state index in [2.05, 4.69) is 4.98 Å². The molecule has 1 amide bonds. The van der Waals surface area contributed by atoms with Crippen LogP contribution in [0.1, 0.15) is 22.5 Å². The van der Waals surface area contributed by atoms with Gasteiger partial charge in [0, 0.05) is 19.3 Å². The number of aromatic nitrogens is 1. The van der Waals surface area contributed by atoms with Gasteiger partial charge in [-0.3, -0.25) is 9.78 Å². The maximum atomic E-state index is 12.8. The first-order valence-electron chi connectivity index (χ1n) is 5.78. The Morgan fingerprint density at radius 2 is 2.00 bits per heavy atom. The van der Waals surface area contributed by atoms with Crippen molar-refractivity contribution in [3.8, 4) is 0 Å². The molecule has 1 aliphatic carbocycles. The first-order chi connectivity index (χ1) is 8.47. The monoisotopic (exact) mass is 256 g/mol. The summed E-state index contributed by atoms with van der Waals surface area (Å²) in [5.41, 5.74) is -1.43. The molecule has 6 heteroatoms. The van der Waals surface area contributed by atoms with E-state index in [1.54, 1.807) is 0 Å². The first-order valence-corrected chi connectivity index (χ1v) is 5.78. The van der Waals surface area contributed by atoms with E-state index >= 15 is 0 Å². The molecule has 0 bridgehead atoms. The van der Waals surface area contributed by atoms with E-state index in [4.69, 9.17) is 0 Å². The van der Waals surface area contributed by atoms with Crippen LogP contribution in [0.3, 0.4) is 0 Å². The fourth-order valence-corrected chi connectivity index (χ4v) is 2.52. The molecule has 1 saturated carbocycles. The first kappa shape index (κ1) is 11.5. The molecule has 1 aliphatic heterocycles. The standard InChI is InChI=1S/C12H11F3N2O/c13-12(14,15)9-2-1-3-16-10(9)11(18)17-5-7-4-8(7)6-17/h1-3,7-8H,4-6H2. The Morgan fingerprint density at radius 1 is 1.33 bits per heavy atom. The average Bonchev–Trinajstić information content (AvgIpc) is 2.94. The van der Waals surface area contributed by atoms with E-state index in [0.29, 0.717) is 24.9 Å². The molecule has 18 heavy (non-hydrogen) atoms. The van der Waals surface area contributed by atoms with Crippen molar-refractivity contribution in [1.29, 1.82) is 0 Å². The number of alkyl halides is 3. The molecule has 0 spiro atoms. The Labute approximate surface area is 102 Å². The number of carbonyl (C=O) groups excluding carboxylic acids is 1. The second-order valence-corrected chi connectivity index (χ2v) is 4.86. The zero-order chi connectivity index (χ0) is 12.9. The number of pyridine rings is 1. The van der Waals surface area contributed by atoms with Crippen molar-refractivity contribution in [3.05, 3.63) is 29.6 Å².